The maximum atomic E-state index is 11.3. The molecule has 6 nitrogen and oxygen atoms in total. The van der Waals surface area contributed by atoms with Gasteiger partial charge in [0.2, 0.25) is 0 Å². The Morgan fingerprint density at radius 2 is 1.04 bits per heavy atom. The largest absolute Gasteiger partial charge is 0.490 e. The lowest BCUT2D eigenvalue weighted by Gasteiger charge is -2.05. The molecule has 0 N–H and O–H groups in total. The number of methoxy groups -OCH3 is 2. The molecule has 0 saturated heterocycles. The Bertz CT molecular complexity index is 681. The number of esters is 2. The van der Waals surface area contributed by atoms with Gasteiger partial charge >= 0.3 is 11.9 Å². The van der Waals surface area contributed by atoms with Crippen molar-refractivity contribution in [3.8, 4) is 11.5 Å². The first kappa shape index (κ1) is 19.1. The highest BCUT2D eigenvalue weighted by Gasteiger charge is 2.05. The summed E-state index contributed by atoms with van der Waals surface area (Å²) in [6, 6.07) is 13.4. The summed E-state index contributed by atoms with van der Waals surface area (Å²) >= 11 is 0. The molecule has 0 unspecified atom stereocenters. The number of benzene rings is 2. The predicted octanol–water partition coefficient (Wildman–Crippen LogP) is 3.27. The van der Waals surface area contributed by atoms with Crippen LogP contribution in [-0.4, -0.2) is 39.4 Å². The number of hydrogen-bond donors (Lipinski definition) is 0. The lowest BCUT2D eigenvalue weighted by molar-refractivity contribution is 0.0591. The summed E-state index contributed by atoms with van der Waals surface area (Å²) < 4.78 is 20.3. The number of rotatable bonds is 8. The minimum atomic E-state index is -0.381. The maximum absolute atomic E-state index is 11.3. The number of carbonyl (C=O) groups is 2. The molecule has 0 aliphatic heterocycles. The van der Waals surface area contributed by atoms with E-state index in [0.29, 0.717) is 35.8 Å². The van der Waals surface area contributed by atoms with Crippen molar-refractivity contribution in [3.63, 3.8) is 0 Å². The van der Waals surface area contributed by atoms with Crippen molar-refractivity contribution in [1.82, 2.24) is 0 Å². The van der Waals surface area contributed by atoms with Gasteiger partial charge in [-0.05, 0) is 60.7 Å². The standard InChI is InChI=1S/C20H20O6/c1-23-19(21)15-5-9-17(10-6-15)25-13-3-4-14-26-18-11-7-16(8-12-18)20(22)24-2/h3-12H,13-14H2,1-2H3. The van der Waals surface area contributed by atoms with Crippen molar-refractivity contribution in [2.45, 2.75) is 0 Å². The minimum Gasteiger partial charge on any atom is -0.490 e. The van der Waals surface area contributed by atoms with Crippen LogP contribution in [0.2, 0.25) is 0 Å². The van der Waals surface area contributed by atoms with Crippen LogP contribution >= 0.6 is 0 Å². The van der Waals surface area contributed by atoms with Gasteiger partial charge in [-0.1, -0.05) is 0 Å². The average molecular weight is 356 g/mol. The van der Waals surface area contributed by atoms with Gasteiger partial charge in [-0.2, -0.15) is 0 Å². The van der Waals surface area contributed by atoms with E-state index in [2.05, 4.69) is 9.47 Å². The first-order valence-electron chi connectivity index (χ1n) is 7.91. The Morgan fingerprint density at radius 1 is 0.692 bits per heavy atom. The summed E-state index contributed by atoms with van der Waals surface area (Å²) in [4.78, 5) is 22.7. The van der Waals surface area contributed by atoms with E-state index in [0.717, 1.165) is 0 Å². The molecule has 6 heteroatoms. The molecule has 26 heavy (non-hydrogen) atoms. The highest BCUT2D eigenvalue weighted by molar-refractivity contribution is 5.89. The molecule has 2 aromatic carbocycles. The molecule has 0 aliphatic carbocycles. The van der Waals surface area contributed by atoms with Crippen LogP contribution < -0.4 is 9.47 Å². The van der Waals surface area contributed by atoms with E-state index in [1.54, 1.807) is 48.5 Å². The second kappa shape index (κ2) is 9.88. The van der Waals surface area contributed by atoms with Crippen molar-refractivity contribution >= 4 is 11.9 Å². The van der Waals surface area contributed by atoms with Gasteiger partial charge in [-0.3, -0.25) is 0 Å². The van der Waals surface area contributed by atoms with Crippen LogP contribution in [0.3, 0.4) is 0 Å². The molecule has 0 bridgehead atoms. The SMILES string of the molecule is COC(=O)c1ccc(OCC=CCOc2ccc(C(=O)OC)cc2)cc1. The summed E-state index contributed by atoms with van der Waals surface area (Å²) in [7, 11) is 2.68. The maximum Gasteiger partial charge on any atom is 0.337 e. The summed E-state index contributed by atoms with van der Waals surface area (Å²) in [6.07, 6.45) is 3.66. The molecule has 0 aromatic heterocycles. The smallest absolute Gasteiger partial charge is 0.337 e. The molecule has 0 spiro atoms. The van der Waals surface area contributed by atoms with Crippen molar-refractivity contribution < 1.29 is 28.5 Å². The van der Waals surface area contributed by atoms with E-state index in [9.17, 15) is 9.59 Å². The lowest BCUT2D eigenvalue weighted by Crippen LogP contribution is -2.01. The molecule has 0 atom stereocenters. The second-order valence-corrected chi connectivity index (χ2v) is 5.13. The van der Waals surface area contributed by atoms with Crippen LogP contribution in [0.5, 0.6) is 11.5 Å². The Morgan fingerprint density at radius 3 is 1.35 bits per heavy atom. The van der Waals surface area contributed by atoms with Crippen molar-refractivity contribution in [1.29, 1.82) is 0 Å². The number of hydrogen-bond acceptors (Lipinski definition) is 6. The zero-order valence-electron chi connectivity index (χ0n) is 14.6. The second-order valence-electron chi connectivity index (χ2n) is 5.13. The van der Waals surface area contributed by atoms with E-state index in [1.165, 1.54) is 14.2 Å². The summed E-state index contributed by atoms with van der Waals surface area (Å²) in [5, 5.41) is 0. The Kier molecular flexibility index (Phi) is 7.24. The lowest BCUT2D eigenvalue weighted by atomic mass is 10.2. The van der Waals surface area contributed by atoms with E-state index < -0.39 is 0 Å². The molecular weight excluding hydrogens is 336 g/mol. The summed E-state index contributed by atoms with van der Waals surface area (Å²) in [5.41, 5.74) is 0.948. The number of carbonyl (C=O) groups excluding carboxylic acids is 2. The summed E-state index contributed by atoms with van der Waals surface area (Å²) in [6.45, 7) is 0.754. The molecule has 0 amide bonds. The fourth-order valence-corrected chi connectivity index (χ4v) is 2.03. The molecule has 2 aromatic rings. The van der Waals surface area contributed by atoms with E-state index in [4.69, 9.17) is 9.47 Å². The van der Waals surface area contributed by atoms with Crippen molar-refractivity contribution in [3.05, 3.63) is 71.8 Å². The minimum absolute atomic E-state index is 0.377. The van der Waals surface area contributed by atoms with Crippen molar-refractivity contribution in [2.75, 3.05) is 27.4 Å². The Hall–Kier alpha value is -3.28. The zero-order valence-corrected chi connectivity index (χ0v) is 14.6. The van der Waals surface area contributed by atoms with Crippen LogP contribution in [0.15, 0.2) is 60.7 Å². The first-order valence-corrected chi connectivity index (χ1v) is 7.91. The van der Waals surface area contributed by atoms with Crippen LogP contribution in [0.4, 0.5) is 0 Å². The average Bonchev–Trinajstić information content (AvgIpc) is 2.70. The fraction of sp³-hybridized carbons (Fsp3) is 0.200. The van der Waals surface area contributed by atoms with Crippen LogP contribution in [-0.2, 0) is 9.47 Å². The molecule has 0 aliphatic rings. The quantitative estimate of drug-likeness (QED) is 0.534. The van der Waals surface area contributed by atoms with E-state index in [1.807, 2.05) is 12.2 Å². The normalized spacial score (nSPS) is 10.4. The topological polar surface area (TPSA) is 71.1 Å². The highest BCUT2D eigenvalue weighted by atomic mass is 16.5. The van der Waals surface area contributed by atoms with Gasteiger partial charge in [-0.25, -0.2) is 9.59 Å². The molecular formula is C20H20O6. The molecule has 2 rings (SSSR count). The van der Waals surface area contributed by atoms with Gasteiger partial charge in [0, 0.05) is 0 Å². The Balaban J connectivity index is 1.71. The molecule has 0 heterocycles. The fourth-order valence-electron chi connectivity index (χ4n) is 2.03. The van der Waals surface area contributed by atoms with Gasteiger partial charge in [0.1, 0.15) is 24.7 Å². The predicted molar refractivity (Wildman–Crippen MR) is 95.7 cm³/mol. The third kappa shape index (κ3) is 5.66. The van der Waals surface area contributed by atoms with Crippen LogP contribution in [0.1, 0.15) is 20.7 Å². The highest BCUT2D eigenvalue weighted by Crippen LogP contribution is 2.14. The molecule has 136 valence electrons. The van der Waals surface area contributed by atoms with Crippen LogP contribution in [0, 0.1) is 0 Å². The van der Waals surface area contributed by atoms with Gasteiger partial charge in [-0.15, -0.1) is 0 Å². The Labute approximate surface area is 151 Å². The summed E-state index contributed by atoms with van der Waals surface area (Å²) in [5.74, 6) is 0.546. The van der Waals surface area contributed by atoms with Crippen molar-refractivity contribution in [2.24, 2.45) is 0 Å². The van der Waals surface area contributed by atoms with E-state index >= 15 is 0 Å². The molecule has 0 saturated carbocycles. The first-order chi connectivity index (χ1) is 12.6. The molecule has 0 radical (unpaired) electrons. The van der Waals surface area contributed by atoms with Gasteiger partial charge in [0.05, 0.1) is 25.3 Å². The zero-order chi connectivity index (χ0) is 18.8. The van der Waals surface area contributed by atoms with Gasteiger partial charge in [0.15, 0.2) is 0 Å². The number of ether oxygens (including phenoxy) is 4. The van der Waals surface area contributed by atoms with Gasteiger partial charge in [0.25, 0.3) is 0 Å². The van der Waals surface area contributed by atoms with E-state index in [-0.39, 0.29) is 11.9 Å². The molecule has 0 fully saturated rings. The van der Waals surface area contributed by atoms with Crippen LogP contribution in [0.25, 0.3) is 0 Å². The third-order valence-electron chi connectivity index (χ3n) is 3.41. The van der Waals surface area contributed by atoms with Gasteiger partial charge < -0.3 is 18.9 Å². The monoisotopic (exact) mass is 356 g/mol. The third-order valence-corrected chi connectivity index (χ3v) is 3.41.